The van der Waals surface area contributed by atoms with E-state index in [0.717, 1.165) is 17.0 Å². The molecule has 0 saturated heterocycles. The van der Waals surface area contributed by atoms with Crippen LogP contribution >= 0.6 is 0 Å². The lowest BCUT2D eigenvalue weighted by atomic mass is 10.0. The van der Waals surface area contributed by atoms with Gasteiger partial charge in [-0.15, -0.1) is 0 Å². The highest BCUT2D eigenvalue weighted by molar-refractivity contribution is 6.14. The topological polar surface area (TPSA) is 45.8 Å². The van der Waals surface area contributed by atoms with Crippen molar-refractivity contribution in [3.8, 4) is 6.07 Å². The molecule has 0 amide bonds. The maximum atomic E-state index is 13.8. The van der Waals surface area contributed by atoms with Gasteiger partial charge in [-0.05, 0) is 57.5 Å². The van der Waals surface area contributed by atoms with E-state index in [1.165, 1.54) is 24.3 Å². The Morgan fingerprint density at radius 3 is 2.48 bits per heavy atom. The highest BCUT2D eigenvalue weighted by atomic mass is 19.1. The molecule has 0 bridgehead atoms. The monoisotopic (exact) mass is 310 g/mol. The van der Waals surface area contributed by atoms with Gasteiger partial charge >= 0.3 is 0 Å². The Bertz CT molecular complexity index is 822. The smallest absolute Gasteiger partial charge is 0.206 e. The number of aromatic nitrogens is 1. The summed E-state index contributed by atoms with van der Waals surface area (Å²) in [4.78, 5) is 12.4. The van der Waals surface area contributed by atoms with E-state index in [-0.39, 0.29) is 17.2 Å². The first-order chi connectivity index (χ1) is 10.9. The van der Waals surface area contributed by atoms with E-state index in [1.807, 2.05) is 26.0 Å². The van der Waals surface area contributed by atoms with Crippen LogP contribution in [0.3, 0.4) is 0 Å². The van der Waals surface area contributed by atoms with Gasteiger partial charge in [0.25, 0.3) is 0 Å². The van der Waals surface area contributed by atoms with E-state index < -0.39 is 11.6 Å². The molecule has 1 heterocycles. The minimum absolute atomic E-state index is 0.0703. The van der Waals surface area contributed by atoms with Crippen LogP contribution in [0.2, 0.25) is 0 Å². The minimum Gasteiger partial charge on any atom is -0.346 e. The Kier molecular flexibility index (Phi) is 4.80. The Morgan fingerprint density at radius 1 is 1.30 bits per heavy atom. The van der Waals surface area contributed by atoms with Crippen molar-refractivity contribution in [2.45, 2.75) is 33.7 Å². The van der Waals surface area contributed by atoms with Crippen LogP contribution in [0.1, 0.15) is 47.2 Å². The SMILES string of the molecule is Cc1cc(/C=C(\C#N)C(=O)c2ccccc2F)c(C)n1C(C)C. The number of ketones is 1. The zero-order valence-electron chi connectivity index (χ0n) is 13.7. The molecule has 118 valence electrons. The lowest BCUT2D eigenvalue weighted by Gasteiger charge is -2.13. The van der Waals surface area contributed by atoms with Gasteiger partial charge in [-0.3, -0.25) is 4.79 Å². The summed E-state index contributed by atoms with van der Waals surface area (Å²) in [7, 11) is 0. The second kappa shape index (κ2) is 6.62. The van der Waals surface area contributed by atoms with Crippen LogP contribution in [0.5, 0.6) is 0 Å². The zero-order chi connectivity index (χ0) is 17.1. The van der Waals surface area contributed by atoms with E-state index in [4.69, 9.17) is 0 Å². The third-order valence-corrected chi connectivity index (χ3v) is 3.82. The average Bonchev–Trinajstić information content (AvgIpc) is 2.78. The fourth-order valence-corrected chi connectivity index (χ4v) is 2.84. The Balaban J connectivity index is 2.49. The quantitative estimate of drug-likeness (QED) is 0.470. The summed E-state index contributed by atoms with van der Waals surface area (Å²) in [5.41, 5.74) is 2.68. The molecule has 0 aliphatic carbocycles. The molecule has 1 aromatic carbocycles. The second-order valence-corrected chi connectivity index (χ2v) is 5.77. The first kappa shape index (κ1) is 16.7. The van der Waals surface area contributed by atoms with Crippen LogP contribution < -0.4 is 0 Å². The van der Waals surface area contributed by atoms with E-state index in [2.05, 4.69) is 18.4 Å². The Hall–Kier alpha value is -2.67. The molecule has 23 heavy (non-hydrogen) atoms. The number of carbonyl (C=O) groups is 1. The third kappa shape index (κ3) is 3.24. The van der Waals surface area contributed by atoms with Crippen molar-refractivity contribution < 1.29 is 9.18 Å². The average molecular weight is 310 g/mol. The first-order valence-corrected chi connectivity index (χ1v) is 7.46. The van der Waals surface area contributed by atoms with Crippen LogP contribution in [0.25, 0.3) is 6.08 Å². The fraction of sp³-hybridized carbons (Fsp3) is 0.263. The fourth-order valence-electron chi connectivity index (χ4n) is 2.84. The Morgan fingerprint density at radius 2 is 1.96 bits per heavy atom. The number of aryl methyl sites for hydroxylation is 1. The first-order valence-electron chi connectivity index (χ1n) is 7.46. The Labute approximate surface area is 135 Å². The number of Topliss-reactive ketones (excluding diaryl/α,β-unsaturated/α-hetero) is 1. The van der Waals surface area contributed by atoms with Crippen molar-refractivity contribution in [3.63, 3.8) is 0 Å². The van der Waals surface area contributed by atoms with Crippen LogP contribution in [0.15, 0.2) is 35.9 Å². The molecule has 0 atom stereocenters. The van der Waals surface area contributed by atoms with E-state index in [9.17, 15) is 14.4 Å². The lowest BCUT2D eigenvalue weighted by molar-refractivity contribution is 0.103. The largest absolute Gasteiger partial charge is 0.346 e. The summed E-state index contributed by atoms with van der Waals surface area (Å²) in [6.07, 6.45) is 1.54. The normalized spacial score (nSPS) is 11.6. The number of allylic oxidation sites excluding steroid dienone is 1. The number of nitrogens with zero attached hydrogens (tertiary/aromatic N) is 2. The molecular formula is C19H19FN2O. The number of halogens is 1. The van der Waals surface area contributed by atoms with Crippen molar-refractivity contribution in [1.82, 2.24) is 4.57 Å². The molecule has 0 aliphatic heterocycles. The highest BCUT2D eigenvalue weighted by Gasteiger charge is 2.17. The molecule has 0 aliphatic rings. The van der Waals surface area contributed by atoms with Gasteiger partial charge in [-0.1, -0.05) is 12.1 Å². The van der Waals surface area contributed by atoms with Crippen LogP contribution in [-0.4, -0.2) is 10.4 Å². The van der Waals surface area contributed by atoms with Gasteiger partial charge in [0.1, 0.15) is 17.5 Å². The van der Waals surface area contributed by atoms with Gasteiger partial charge in [0.15, 0.2) is 0 Å². The number of hydrogen-bond acceptors (Lipinski definition) is 2. The maximum absolute atomic E-state index is 13.8. The van der Waals surface area contributed by atoms with Crippen molar-refractivity contribution in [1.29, 1.82) is 5.26 Å². The number of carbonyl (C=O) groups excluding carboxylic acids is 1. The number of rotatable bonds is 4. The number of hydrogen-bond donors (Lipinski definition) is 0. The van der Waals surface area contributed by atoms with Crippen molar-refractivity contribution in [3.05, 3.63) is 64.2 Å². The van der Waals surface area contributed by atoms with Gasteiger partial charge < -0.3 is 4.57 Å². The molecule has 0 unspecified atom stereocenters. The molecule has 0 fully saturated rings. The summed E-state index contributed by atoms with van der Waals surface area (Å²) in [6, 6.07) is 9.81. The van der Waals surface area contributed by atoms with Crippen molar-refractivity contribution in [2.24, 2.45) is 0 Å². The predicted molar refractivity (Wildman–Crippen MR) is 88.6 cm³/mol. The van der Waals surface area contributed by atoms with E-state index in [0.29, 0.717) is 0 Å². The number of benzene rings is 1. The summed E-state index contributed by atoms with van der Waals surface area (Å²) >= 11 is 0. The van der Waals surface area contributed by atoms with Gasteiger partial charge in [0.05, 0.1) is 5.56 Å². The molecule has 2 aromatic rings. The van der Waals surface area contributed by atoms with E-state index >= 15 is 0 Å². The van der Waals surface area contributed by atoms with Crippen LogP contribution in [-0.2, 0) is 0 Å². The molecule has 1 aromatic heterocycles. The molecule has 0 saturated carbocycles. The van der Waals surface area contributed by atoms with Gasteiger partial charge in [0, 0.05) is 17.4 Å². The maximum Gasteiger partial charge on any atom is 0.206 e. The molecular weight excluding hydrogens is 291 g/mol. The van der Waals surface area contributed by atoms with Crippen LogP contribution in [0, 0.1) is 31.0 Å². The predicted octanol–water partition coefficient (Wildman–Crippen LogP) is 4.61. The van der Waals surface area contributed by atoms with Gasteiger partial charge in [0.2, 0.25) is 5.78 Å². The summed E-state index contributed by atoms with van der Waals surface area (Å²) in [5, 5.41) is 9.32. The third-order valence-electron chi connectivity index (χ3n) is 3.82. The second-order valence-electron chi connectivity index (χ2n) is 5.77. The van der Waals surface area contributed by atoms with Crippen LogP contribution in [0.4, 0.5) is 4.39 Å². The summed E-state index contributed by atoms with van der Waals surface area (Å²) in [6.45, 7) is 8.07. The van der Waals surface area contributed by atoms with Crippen molar-refractivity contribution >= 4 is 11.9 Å². The minimum atomic E-state index is -0.619. The molecule has 4 heteroatoms. The molecule has 2 rings (SSSR count). The summed E-state index contributed by atoms with van der Waals surface area (Å²) in [5.74, 6) is -1.22. The van der Waals surface area contributed by atoms with Gasteiger partial charge in [-0.25, -0.2) is 4.39 Å². The molecule has 0 radical (unpaired) electrons. The standard InChI is InChI=1S/C19H19FN2O/c1-12(2)22-13(3)9-15(14(22)4)10-16(11-21)19(23)17-7-5-6-8-18(17)20/h5-10,12H,1-4H3/b16-10+. The number of nitriles is 1. The molecule has 0 N–H and O–H groups in total. The highest BCUT2D eigenvalue weighted by Crippen LogP contribution is 2.23. The molecule has 3 nitrogen and oxygen atoms in total. The van der Waals surface area contributed by atoms with Gasteiger partial charge in [-0.2, -0.15) is 5.26 Å². The van der Waals surface area contributed by atoms with E-state index in [1.54, 1.807) is 6.07 Å². The lowest BCUT2D eigenvalue weighted by Crippen LogP contribution is -2.06. The zero-order valence-corrected chi connectivity index (χ0v) is 13.7. The van der Waals surface area contributed by atoms with Crippen molar-refractivity contribution in [2.75, 3.05) is 0 Å². The molecule has 0 spiro atoms. The summed E-state index contributed by atoms with van der Waals surface area (Å²) < 4.78 is 15.9.